The minimum Gasteiger partial charge on any atom is -0.300 e. The molecular formula is C16H18FN3O2S2. The van der Waals surface area contributed by atoms with Crippen LogP contribution in [0.25, 0.3) is 0 Å². The van der Waals surface area contributed by atoms with Crippen molar-refractivity contribution in [1.82, 2.24) is 10.2 Å². The van der Waals surface area contributed by atoms with Gasteiger partial charge < -0.3 is 0 Å². The summed E-state index contributed by atoms with van der Waals surface area (Å²) in [7, 11) is 0. The normalized spacial score (nSPS) is 10.6. The molecule has 1 amide bonds. The van der Waals surface area contributed by atoms with Crippen molar-refractivity contribution >= 4 is 39.9 Å². The predicted molar refractivity (Wildman–Crippen MR) is 94.3 cm³/mol. The summed E-state index contributed by atoms with van der Waals surface area (Å²) >= 11 is 2.43. The predicted octanol–water partition coefficient (Wildman–Crippen LogP) is 3.95. The average Bonchev–Trinajstić information content (AvgIpc) is 2.98. The average molecular weight is 367 g/mol. The molecule has 2 rings (SSSR count). The molecule has 24 heavy (non-hydrogen) atoms. The first-order valence-electron chi connectivity index (χ1n) is 7.55. The summed E-state index contributed by atoms with van der Waals surface area (Å²) in [6.45, 7) is 3.48. The minimum atomic E-state index is -0.502. The van der Waals surface area contributed by atoms with E-state index in [4.69, 9.17) is 0 Å². The van der Waals surface area contributed by atoms with E-state index in [0.29, 0.717) is 15.6 Å². The molecule has 0 fully saturated rings. The molecular weight excluding hydrogens is 349 g/mol. The molecule has 1 N–H and O–H groups in total. The minimum absolute atomic E-state index is 0.0558. The number of carbonyl (C=O) groups excluding carboxylic acids is 2. The molecule has 0 aliphatic heterocycles. The molecule has 8 heteroatoms. The van der Waals surface area contributed by atoms with Crippen LogP contribution in [0.3, 0.4) is 0 Å². The Morgan fingerprint density at radius 2 is 2.12 bits per heavy atom. The quantitative estimate of drug-likeness (QED) is 0.565. The monoisotopic (exact) mass is 367 g/mol. The fraction of sp³-hybridized carbons (Fsp3) is 0.375. The van der Waals surface area contributed by atoms with E-state index >= 15 is 0 Å². The summed E-state index contributed by atoms with van der Waals surface area (Å²) in [4.78, 5) is 23.5. The zero-order valence-corrected chi connectivity index (χ0v) is 15.1. The summed E-state index contributed by atoms with van der Waals surface area (Å²) in [5.74, 6) is -0.912. The summed E-state index contributed by atoms with van der Waals surface area (Å²) in [5, 5.41) is 12.0. The third-order valence-electron chi connectivity index (χ3n) is 3.15. The van der Waals surface area contributed by atoms with Gasteiger partial charge in [0.25, 0.3) is 0 Å². The lowest BCUT2D eigenvalue weighted by Gasteiger charge is -2.04. The summed E-state index contributed by atoms with van der Waals surface area (Å²) in [6, 6.07) is 4.25. The zero-order valence-electron chi connectivity index (χ0n) is 13.5. The number of nitrogens with one attached hydrogen (secondary N) is 1. The van der Waals surface area contributed by atoms with Gasteiger partial charge in [0.2, 0.25) is 11.0 Å². The van der Waals surface area contributed by atoms with Crippen LogP contribution in [-0.2, 0) is 11.2 Å². The Morgan fingerprint density at radius 3 is 2.79 bits per heavy atom. The highest BCUT2D eigenvalue weighted by atomic mass is 32.2. The summed E-state index contributed by atoms with van der Waals surface area (Å²) in [6.07, 6.45) is 2.96. The van der Waals surface area contributed by atoms with Gasteiger partial charge in [-0.3, -0.25) is 14.9 Å². The molecule has 1 aromatic heterocycles. The maximum absolute atomic E-state index is 13.9. The second-order valence-corrected chi connectivity index (χ2v) is 7.22. The van der Waals surface area contributed by atoms with Crippen LogP contribution in [0.2, 0.25) is 0 Å². The molecule has 0 atom stereocenters. The molecule has 1 heterocycles. The number of hydrogen-bond acceptors (Lipinski definition) is 6. The summed E-state index contributed by atoms with van der Waals surface area (Å²) in [5.41, 5.74) is 0.315. The highest BCUT2D eigenvalue weighted by Gasteiger charge is 2.11. The third kappa shape index (κ3) is 5.38. The number of aryl methyl sites for hydroxylation is 1. The van der Waals surface area contributed by atoms with Crippen LogP contribution in [0.5, 0.6) is 0 Å². The number of ketones is 1. The molecule has 0 bridgehead atoms. The fourth-order valence-corrected chi connectivity index (χ4v) is 3.39. The molecule has 0 spiro atoms. The van der Waals surface area contributed by atoms with Crippen molar-refractivity contribution in [3.05, 3.63) is 34.6 Å². The van der Waals surface area contributed by atoms with E-state index in [0.717, 1.165) is 36.0 Å². The van der Waals surface area contributed by atoms with Crippen molar-refractivity contribution < 1.29 is 14.0 Å². The van der Waals surface area contributed by atoms with Gasteiger partial charge in [0.15, 0.2) is 5.78 Å². The van der Waals surface area contributed by atoms with E-state index in [-0.39, 0.29) is 17.4 Å². The maximum Gasteiger partial charge on any atom is 0.236 e. The van der Waals surface area contributed by atoms with Crippen LogP contribution >= 0.6 is 23.1 Å². The Kier molecular flexibility index (Phi) is 6.86. The second kappa shape index (κ2) is 8.89. The smallest absolute Gasteiger partial charge is 0.236 e. The van der Waals surface area contributed by atoms with E-state index in [1.165, 1.54) is 30.4 Å². The van der Waals surface area contributed by atoms with E-state index in [9.17, 15) is 14.0 Å². The van der Waals surface area contributed by atoms with Crippen molar-refractivity contribution in [3.63, 3.8) is 0 Å². The van der Waals surface area contributed by atoms with Crippen molar-refractivity contribution in [3.8, 4) is 0 Å². The number of Topliss-reactive ketones (excluding diaryl/α,β-unsaturated/α-hetero) is 1. The molecule has 0 saturated heterocycles. The Balaban J connectivity index is 1.87. The van der Waals surface area contributed by atoms with Gasteiger partial charge in [0, 0.05) is 16.9 Å². The topological polar surface area (TPSA) is 72.0 Å². The van der Waals surface area contributed by atoms with E-state index < -0.39 is 5.82 Å². The van der Waals surface area contributed by atoms with Crippen molar-refractivity contribution in [2.45, 2.75) is 38.0 Å². The lowest BCUT2D eigenvalue weighted by molar-refractivity contribution is -0.113. The molecule has 5 nitrogen and oxygen atoms in total. The number of amides is 1. The lowest BCUT2D eigenvalue weighted by atomic mass is 10.1. The van der Waals surface area contributed by atoms with E-state index in [1.54, 1.807) is 6.07 Å². The number of hydrogen-bond donors (Lipinski definition) is 1. The lowest BCUT2D eigenvalue weighted by Crippen LogP contribution is -2.14. The first kappa shape index (κ1) is 18.5. The SMILES string of the molecule is CCCCc1nnc(NC(=O)CSc2ccc(C(C)=O)cc2F)s1. The number of aromatic nitrogens is 2. The molecule has 0 aliphatic carbocycles. The van der Waals surface area contributed by atoms with Gasteiger partial charge in [-0.25, -0.2) is 4.39 Å². The standard InChI is InChI=1S/C16H18FN3O2S2/c1-3-4-5-15-19-20-16(24-15)18-14(22)9-23-13-7-6-11(10(2)21)8-12(13)17/h6-8H,3-5,9H2,1-2H3,(H,18,20,22). The highest BCUT2D eigenvalue weighted by molar-refractivity contribution is 8.00. The van der Waals surface area contributed by atoms with Crippen molar-refractivity contribution in [1.29, 1.82) is 0 Å². The largest absolute Gasteiger partial charge is 0.300 e. The molecule has 1 aromatic carbocycles. The summed E-state index contributed by atoms with van der Waals surface area (Å²) < 4.78 is 13.9. The highest BCUT2D eigenvalue weighted by Crippen LogP contribution is 2.24. The van der Waals surface area contributed by atoms with Crippen LogP contribution < -0.4 is 5.32 Å². The van der Waals surface area contributed by atoms with Gasteiger partial charge in [0.1, 0.15) is 10.8 Å². The molecule has 128 valence electrons. The number of unbranched alkanes of at least 4 members (excludes halogenated alkanes) is 1. The Hall–Kier alpha value is -1.80. The number of thioether (sulfide) groups is 1. The van der Waals surface area contributed by atoms with Gasteiger partial charge in [-0.15, -0.1) is 22.0 Å². The van der Waals surface area contributed by atoms with Crippen LogP contribution in [0, 0.1) is 5.82 Å². The molecule has 0 saturated carbocycles. The first-order chi connectivity index (χ1) is 11.5. The fourth-order valence-electron chi connectivity index (χ4n) is 1.87. The number of rotatable bonds is 8. The second-order valence-electron chi connectivity index (χ2n) is 5.14. The van der Waals surface area contributed by atoms with Gasteiger partial charge in [-0.1, -0.05) is 30.7 Å². The van der Waals surface area contributed by atoms with Gasteiger partial charge in [-0.2, -0.15) is 0 Å². The number of nitrogens with zero attached hydrogens (tertiary/aromatic N) is 2. The van der Waals surface area contributed by atoms with Crippen molar-refractivity contribution in [2.75, 3.05) is 11.1 Å². The van der Waals surface area contributed by atoms with Gasteiger partial charge in [0.05, 0.1) is 5.75 Å². The number of benzene rings is 1. The zero-order chi connectivity index (χ0) is 17.5. The van der Waals surface area contributed by atoms with Gasteiger partial charge >= 0.3 is 0 Å². The first-order valence-corrected chi connectivity index (χ1v) is 9.35. The van der Waals surface area contributed by atoms with E-state index in [1.807, 2.05) is 0 Å². The molecule has 0 aliphatic rings. The van der Waals surface area contributed by atoms with Crippen LogP contribution in [-0.4, -0.2) is 27.6 Å². The Bertz CT molecular complexity index is 734. The van der Waals surface area contributed by atoms with Crippen LogP contribution in [0.4, 0.5) is 9.52 Å². The third-order valence-corrected chi connectivity index (χ3v) is 5.10. The Morgan fingerprint density at radius 1 is 1.33 bits per heavy atom. The number of halogens is 1. The van der Waals surface area contributed by atoms with Crippen molar-refractivity contribution in [2.24, 2.45) is 0 Å². The molecule has 2 aromatic rings. The number of carbonyl (C=O) groups is 2. The molecule has 0 radical (unpaired) electrons. The maximum atomic E-state index is 13.9. The Labute approximate surface area is 148 Å². The van der Waals surface area contributed by atoms with Crippen LogP contribution in [0.1, 0.15) is 42.1 Å². The number of anilines is 1. The molecule has 0 unspecified atom stereocenters. The van der Waals surface area contributed by atoms with Crippen LogP contribution in [0.15, 0.2) is 23.1 Å². The van der Waals surface area contributed by atoms with Gasteiger partial charge in [-0.05, 0) is 25.5 Å². The van der Waals surface area contributed by atoms with E-state index in [2.05, 4.69) is 22.4 Å².